The molecule has 0 heterocycles. The highest BCUT2D eigenvalue weighted by atomic mass is 16.5. The Balaban J connectivity index is 2.54. The lowest BCUT2D eigenvalue weighted by Crippen LogP contribution is -2.41. The molecule has 0 aliphatic carbocycles. The van der Waals surface area contributed by atoms with Crippen LogP contribution in [0.2, 0.25) is 0 Å². The average Bonchev–Trinajstić information content (AvgIpc) is 2.46. The fourth-order valence-electron chi connectivity index (χ4n) is 2.12. The number of methoxy groups -OCH3 is 1. The predicted octanol–water partition coefficient (Wildman–Crippen LogP) is 2.48. The van der Waals surface area contributed by atoms with Crippen molar-refractivity contribution in [3.05, 3.63) is 29.3 Å². The molecule has 1 aromatic carbocycles. The Morgan fingerprint density at radius 1 is 1.23 bits per heavy atom. The molecule has 0 saturated carbocycles. The van der Waals surface area contributed by atoms with Crippen molar-refractivity contribution >= 4 is 11.9 Å². The average molecular weight is 307 g/mol. The minimum atomic E-state index is -0.419. The third-order valence-corrected chi connectivity index (χ3v) is 3.37. The van der Waals surface area contributed by atoms with Gasteiger partial charge in [-0.15, -0.1) is 0 Å². The monoisotopic (exact) mass is 307 g/mol. The number of rotatable bonds is 7. The first kappa shape index (κ1) is 18.0. The Morgan fingerprint density at radius 3 is 2.45 bits per heavy atom. The number of aryl methyl sites for hydroxylation is 2. The molecule has 22 heavy (non-hydrogen) atoms. The third-order valence-electron chi connectivity index (χ3n) is 3.37. The summed E-state index contributed by atoms with van der Waals surface area (Å²) in [4.78, 5) is 25.1. The van der Waals surface area contributed by atoms with Gasteiger partial charge in [0.05, 0.1) is 20.1 Å². The topological polar surface area (TPSA) is 55.8 Å². The summed E-state index contributed by atoms with van der Waals surface area (Å²) >= 11 is 0. The number of amides is 1. The van der Waals surface area contributed by atoms with E-state index in [4.69, 9.17) is 4.74 Å². The molecule has 1 rings (SSSR count). The zero-order valence-corrected chi connectivity index (χ0v) is 14.0. The van der Waals surface area contributed by atoms with Crippen molar-refractivity contribution in [1.29, 1.82) is 0 Å². The second-order valence-corrected chi connectivity index (χ2v) is 5.56. The van der Waals surface area contributed by atoms with Crippen molar-refractivity contribution in [2.75, 3.05) is 20.3 Å². The van der Waals surface area contributed by atoms with Gasteiger partial charge in [0.25, 0.3) is 0 Å². The predicted molar refractivity (Wildman–Crippen MR) is 84.9 cm³/mol. The van der Waals surface area contributed by atoms with E-state index in [2.05, 4.69) is 4.74 Å². The van der Waals surface area contributed by atoms with Crippen molar-refractivity contribution in [2.24, 2.45) is 0 Å². The Morgan fingerprint density at radius 2 is 1.91 bits per heavy atom. The minimum Gasteiger partial charge on any atom is -0.493 e. The van der Waals surface area contributed by atoms with Crippen LogP contribution < -0.4 is 4.74 Å². The molecule has 0 bridgehead atoms. The summed E-state index contributed by atoms with van der Waals surface area (Å²) in [7, 11) is 1.31. The van der Waals surface area contributed by atoms with Crippen LogP contribution in [-0.2, 0) is 14.3 Å². The molecule has 1 amide bonds. The van der Waals surface area contributed by atoms with Crippen molar-refractivity contribution in [2.45, 2.75) is 40.2 Å². The number of esters is 1. The van der Waals surface area contributed by atoms with Crippen LogP contribution in [-0.4, -0.2) is 43.1 Å². The molecule has 0 aliphatic heterocycles. The van der Waals surface area contributed by atoms with Gasteiger partial charge in [-0.25, -0.2) is 0 Å². The maximum absolute atomic E-state index is 12.2. The van der Waals surface area contributed by atoms with Gasteiger partial charge in [0.1, 0.15) is 12.3 Å². The van der Waals surface area contributed by atoms with Crippen LogP contribution in [0.3, 0.4) is 0 Å². The summed E-state index contributed by atoms with van der Waals surface area (Å²) < 4.78 is 10.3. The molecule has 0 N–H and O–H groups in total. The minimum absolute atomic E-state index is 0.0312. The van der Waals surface area contributed by atoms with Crippen LogP contribution in [0.1, 0.15) is 31.4 Å². The molecule has 0 fully saturated rings. The van der Waals surface area contributed by atoms with Gasteiger partial charge in [-0.05, 0) is 39.3 Å². The quantitative estimate of drug-likeness (QED) is 0.726. The normalized spacial score (nSPS) is 10.5. The van der Waals surface area contributed by atoms with Gasteiger partial charge in [0.15, 0.2) is 0 Å². The molecule has 0 aromatic heterocycles. The Bertz CT molecular complexity index is 525. The second kappa shape index (κ2) is 8.41. The molecule has 122 valence electrons. The maximum Gasteiger partial charge on any atom is 0.325 e. The molecule has 0 unspecified atom stereocenters. The largest absolute Gasteiger partial charge is 0.493 e. The van der Waals surface area contributed by atoms with E-state index in [0.29, 0.717) is 0 Å². The number of hydrogen-bond acceptors (Lipinski definition) is 4. The van der Waals surface area contributed by atoms with E-state index in [1.165, 1.54) is 17.6 Å². The second-order valence-electron chi connectivity index (χ2n) is 5.56. The summed E-state index contributed by atoms with van der Waals surface area (Å²) in [5.74, 6) is 0.241. The van der Waals surface area contributed by atoms with Crippen LogP contribution in [0.25, 0.3) is 0 Å². The van der Waals surface area contributed by atoms with Crippen molar-refractivity contribution < 1.29 is 19.1 Å². The number of carbonyl (C=O) groups is 2. The first-order valence-electron chi connectivity index (χ1n) is 7.41. The zero-order valence-electron chi connectivity index (χ0n) is 14.0. The molecule has 5 nitrogen and oxygen atoms in total. The van der Waals surface area contributed by atoms with Gasteiger partial charge >= 0.3 is 5.97 Å². The van der Waals surface area contributed by atoms with Crippen LogP contribution in [0.4, 0.5) is 0 Å². The molecular weight excluding hydrogens is 282 g/mol. The van der Waals surface area contributed by atoms with E-state index in [1.54, 1.807) is 0 Å². The summed E-state index contributed by atoms with van der Waals surface area (Å²) in [5.41, 5.74) is 2.22. The number of carbonyl (C=O) groups excluding carboxylic acids is 2. The van der Waals surface area contributed by atoms with E-state index in [1.807, 2.05) is 45.9 Å². The Hall–Kier alpha value is -2.04. The van der Waals surface area contributed by atoms with Crippen molar-refractivity contribution in [3.8, 4) is 5.75 Å². The smallest absolute Gasteiger partial charge is 0.325 e. The zero-order chi connectivity index (χ0) is 16.7. The van der Waals surface area contributed by atoms with Crippen LogP contribution in [0, 0.1) is 13.8 Å². The Labute approximate surface area is 132 Å². The van der Waals surface area contributed by atoms with Crippen LogP contribution in [0.5, 0.6) is 5.75 Å². The summed E-state index contributed by atoms with van der Waals surface area (Å²) in [6.45, 7) is 7.98. The van der Waals surface area contributed by atoms with Gasteiger partial charge in [-0.1, -0.05) is 17.7 Å². The van der Waals surface area contributed by atoms with Gasteiger partial charge in [-0.2, -0.15) is 0 Å². The molecule has 0 radical (unpaired) electrons. The highest BCUT2D eigenvalue weighted by molar-refractivity contribution is 5.82. The molecule has 0 aliphatic rings. The molecule has 0 saturated heterocycles. The SMILES string of the molecule is COC(=O)CN(C(=O)CCOc1ccc(C)cc1C)C(C)C. The number of benzene rings is 1. The van der Waals surface area contributed by atoms with Gasteiger partial charge in [0.2, 0.25) is 5.91 Å². The fourth-order valence-corrected chi connectivity index (χ4v) is 2.12. The van der Waals surface area contributed by atoms with Gasteiger partial charge in [-0.3, -0.25) is 9.59 Å². The highest BCUT2D eigenvalue weighted by Crippen LogP contribution is 2.18. The van der Waals surface area contributed by atoms with Gasteiger partial charge in [0, 0.05) is 6.04 Å². The standard InChI is InChI=1S/C17H25NO4/c1-12(2)18(11-17(20)21-5)16(19)8-9-22-15-7-6-13(3)10-14(15)4/h6-7,10,12H,8-9,11H2,1-5H3. The van der Waals surface area contributed by atoms with E-state index < -0.39 is 5.97 Å². The van der Waals surface area contributed by atoms with E-state index in [9.17, 15) is 9.59 Å². The number of ether oxygens (including phenoxy) is 2. The van der Waals surface area contributed by atoms with E-state index >= 15 is 0 Å². The molecule has 0 atom stereocenters. The van der Waals surface area contributed by atoms with E-state index in [0.717, 1.165) is 11.3 Å². The lowest BCUT2D eigenvalue weighted by Gasteiger charge is -2.25. The summed E-state index contributed by atoms with van der Waals surface area (Å²) in [6.07, 6.45) is 0.225. The first-order chi connectivity index (χ1) is 10.3. The lowest BCUT2D eigenvalue weighted by atomic mass is 10.1. The van der Waals surface area contributed by atoms with Gasteiger partial charge < -0.3 is 14.4 Å². The molecular formula is C17H25NO4. The Kier molecular flexibility index (Phi) is 6.89. The summed E-state index contributed by atoms with van der Waals surface area (Å²) in [5, 5.41) is 0. The number of hydrogen-bond donors (Lipinski definition) is 0. The first-order valence-corrected chi connectivity index (χ1v) is 7.41. The third kappa shape index (κ3) is 5.39. The maximum atomic E-state index is 12.2. The molecule has 5 heteroatoms. The highest BCUT2D eigenvalue weighted by Gasteiger charge is 2.20. The fraction of sp³-hybridized carbons (Fsp3) is 0.529. The van der Waals surface area contributed by atoms with Crippen molar-refractivity contribution in [3.63, 3.8) is 0 Å². The molecule has 1 aromatic rings. The van der Waals surface area contributed by atoms with Crippen LogP contribution >= 0.6 is 0 Å². The van der Waals surface area contributed by atoms with Crippen LogP contribution in [0.15, 0.2) is 18.2 Å². The van der Waals surface area contributed by atoms with Crippen molar-refractivity contribution in [1.82, 2.24) is 4.90 Å². The van der Waals surface area contributed by atoms with E-state index in [-0.39, 0.29) is 31.5 Å². The lowest BCUT2D eigenvalue weighted by molar-refractivity contribution is -0.148. The summed E-state index contributed by atoms with van der Waals surface area (Å²) in [6, 6.07) is 5.85. The number of nitrogens with zero attached hydrogens (tertiary/aromatic N) is 1. The molecule has 0 spiro atoms.